The van der Waals surface area contributed by atoms with Crippen LogP contribution in [0.25, 0.3) is 10.8 Å². The van der Waals surface area contributed by atoms with Crippen molar-refractivity contribution in [1.82, 2.24) is 14.2 Å². The molecule has 1 aromatic heterocycles. The Morgan fingerprint density at radius 3 is 2.68 bits per heavy atom. The summed E-state index contributed by atoms with van der Waals surface area (Å²) in [5.74, 6) is 0.141. The fraction of sp³-hybridized carbons (Fsp3) is 0.474. The van der Waals surface area contributed by atoms with Crippen LogP contribution in [0, 0.1) is 5.92 Å². The molecule has 0 bridgehead atoms. The number of halogens is 1. The predicted molar refractivity (Wildman–Crippen MR) is 108 cm³/mol. The third-order valence-corrected chi connectivity index (χ3v) is 7.62. The Morgan fingerprint density at radius 1 is 1.21 bits per heavy atom. The van der Waals surface area contributed by atoms with Crippen molar-refractivity contribution in [3.63, 3.8) is 0 Å². The minimum absolute atomic E-state index is 0.135. The molecule has 3 heterocycles. The van der Waals surface area contributed by atoms with Crippen LogP contribution in [0.3, 0.4) is 0 Å². The Kier molecular flexibility index (Phi) is 4.67. The molecule has 4 rings (SSSR count). The zero-order valence-corrected chi connectivity index (χ0v) is 18.3. The van der Waals surface area contributed by atoms with Crippen LogP contribution in [0.15, 0.2) is 40.0 Å². The lowest BCUT2D eigenvalue weighted by molar-refractivity contribution is -0.0164. The van der Waals surface area contributed by atoms with Crippen molar-refractivity contribution >= 4 is 42.8 Å². The summed E-state index contributed by atoms with van der Waals surface area (Å²) in [7, 11) is -3.70. The Balaban J connectivity index is 1.59. The van der Waals surface area contributed by atoms with Crippen LogP contribution in [0.5, 0.6) is 0 Å². The third kappa shape index (κ3) is 3.29. The number of nitrogens with zero attached hydrogens (tertiary/aromatic N) is 3. The van der Waals surface area contributed by atoms with Gasteiger partial charge in [-0.1, -0.05) is 12.1 Å². The lowest BCUT2D eigenvalue weighted by Gasteiger charge is -2.43. The molecule has 0 saturated carbocycles. The topological polar surface area (TPSA) is 79.8 Å². The van der Waals surface area contributed by atoms with Crippen LogP contribution in [0.4, 0.5) is 4.79 Å². The molecule has 2 aliphatic rings. The molecular weight excluding hydrogens is 446 g/mol. The molecular formula is C19H22BrN3O4S. The van der Waals surface area contributed by atoms with Gasteiger partial charge >= 0.3 is 6.09 Å². The lowest BCUT2D eigenvalue weighted by Crippen LogP contribution is -2.59. The summed E-state index contributed by atoms with van der Waals surface area (Å²) in [5, 5.41) is 1.38. The van der Waals surface area contributed by atoms with Gasteiger partial charge in [0.15, 0.2) is 0 Å². The number of amides is 1. The molecule has 2 fully saturated rings. The second-order valence-electron chi connectivity index (χ2n) is 8.26. The number of aromatic nitrogens is 1. The first kappa shape index (κ1) is 19.6. The highest BCUT2D eigenvalue weighted by Crippen LogP contribution is 2.38. The first-order valence-electron chi connectivity index (χ1n) is 9.10. The van der Waals surface area contributed by atoms with Crippen LogP contribution in [-0.2, 0) is 14.8 Å². The third-order valence-electron chi connectivity index (χ3n) is 5.15. The van der Waals surface area contributed by atoms with Gasteiger partial charge in [0.05, 0.1) is 10.9 Å². The lowest BCUT2D eigenvalue weighted by atomic mass is 9.93. The van der Waals surface area contributed by atoms with Crippen LogP contribution < -0.4 is 0 Å². The van der Waals surface area contributed by atoms with Crippen molar-refractivity contribution < 1.29 is 17.9 Å². The van der Waals surface area contributed by atoms with Gasteiger partial charge in [-0.15, -0.1) is 0 Å². The number of hydrogen-bond donors (Lipinski definition) is 0. The monoisotopic (exact) mass is 467 g/mol. The number of likely N-dealkylation sites (tertiary alicyclic amines) is 1. The molecule has 7 nitrogen and oxygen atoms in total. The van der Waals surface area contributed by atoms with Gasteiger partial charge in [0, 0.05) is 53.2 Å². The molecule has 1 aromatic carbocycles. The summed E-state index contributed by atoms with van der Waals surface area (Å²) in [5.41, 5.74) is -0.574. The maximum atomic E-state index is 13.4. The number of carbonyl (C=O) groups excluding carboxylic acids is 1. The number of pyridine rings is 1. The second kappa shape index (κ2) is 6.67. The molecule has 0 aliphatic carbocycles. The van der Waals surface area contributed by atoms with Gasteiger partial charge in [-0.05, 0) is 42.8 Å². The zero-order valence-electron chi connectivity index (χ0n) is 15.9. The Bertz CT molecular complexity index is 1050. The molecule has 0 spiro atoms. The van der Waals surface area contributed by atoms with Gasteiger partial charge in [0.2, 0.25) is 10.0 Å². The number of ether oxygens (including phenoxy) is 1. The van der Waals surface area contributed by atoms with Crippen LogP contribution >= 0.6 is 15.9 Å². The SMILES string of the molecule is CC(C)(C)OC(=O)N1C[C@@H]2CN(S(=O)(=O)c3cccc4cncc(Br)c34)C[C@@H]21. The summed E-state index contributed by atoms with van der Waals surface area (Å²) < 4.78 is 34.3. The van der Waals surface area contributed by atoms with Gasteiger partial charge in [-0.25, -0.2) is 13.2 Å². The number of sulfonamides is 1. The van der Waals surface area contributed by atoms with E-state index in [1.807, 2.05) is 26.8 Å². The van der Waals surface area contributed by atoms with E-state index >= 15 is 0 Å². The number of benzene rings is 1. The summed E-state index contributed by atoms with van der Waals surface area (Å²) in [6.45, 7) is 6.67. The van der Waals surface area contributed by atoms with Crippen molar-refractivity contribution in [2.45, 2.75) is 37.3 Å². The number of carbonyl (C=O) groups is 1. The van der Waals surface area contributed by atoms with Crippen molar-refractivity contribution in [3.8, 4) is 0 Å². The average molecular weight is 468 g/mol. The maximum absolute atomic E-state index is 13.4. The van der Waals surface area contributed by atoms with Gasteiger partial charge in [0.25, 0.3) is 0 Å². The van der Waals surface area contributed by atoms with Gasteiger partial charge in [-0.2, -0.15) is 4.31 Å². The molecule has 0 unspecified atom stereocenters. The molecule has 0 radical (unpaired) electrons. The van der Waals surface area contributed by atoms with E-state index in [-0.39, 0.29) is 29.5 Å². The fourth-order valence-electron chi connectivity index (χ4n) is 3.84. The van der Waals surface area contributed by atoms with E-state index in [4.69, 9.17) is 4.74 Å². The van der Waals surface area contributed by atoms with E-state index in [0.29, 0.717) is 22.9 Å². The minimum Gasteiger partial charge on any atom is -0.444 e. The molecule has 0 N–H and O–H groups in total. The van der Waals surface area contributed by atoms with Crippen molar-refractivity contribution in [3.05, 3.63) is 35.1 Å². The summed E-state index contributed by atoms with van der Waals surface area (Å²) in [4.78, 5) is 18.4. The molecule has 2 atom stereocenters. The summed E-state index contributed by atoms with van der Waals surface area (Å²) >= 11 is 3.43. The van der Waals surface area contributed by atoms with Crippen molar-refractivity contribution in [1.29, 1.82) is 0 Å². The molecule has 2 saturated heterocycles. The van der Waals surface area contributed by atoms with E-state index in [1.54, 1.807) is 29.4 Å². The Morgan fingerprint density at radius 2 is 1.96 bits per heavy atom. The zero-order chi connectivity index (χ0) is 20.3. The maximum Gasteiger partial charge on any atom is 0.410 e. The van der Waals surface area contributed by atoms with Crippen LogP contribution in [0.1, 0.15) is 20.8 Å². The van der Waals surface area contributed by atoms with E-state index < -0.39 is 15.6 Å². The molecule has 150 valence electrons. The molecule has 9 heteroatoms. The van der Waals surface area contributed by atoms with E-state index in [0.717, 1.165) is 5.39 Å². The summed E-state index contributed by atoms with van der Waals surface area (Å²) in [6.07, 6.45) is 2.86. The molecule has 28 heavy (non-hydrogen) atoms. The highest BCUT2D eigenvalue weighted by atomic mass is 79.9. The highest BCUT2D eigenvalue weighted by molar-refractivity contribution is 9.10. The highest BCUT2D eigenvalue weighted by Gasteiger charge is 2.52. The molecule has 2 aromatic rings. The van der Waals surface area contributed by atoms with E-state index in [2.05, 4.69) is 20.9 Å². The van der Waals surface area contributed by atoms with E-state index in [1.165, 1.54) is 4.31 Å². The van der Waals surface area contributed by atoms with Gasteiger partial charge in [0.1, 0.15) is 5.60 Å². The van der Waals surface area contributed by atoms with E-state index in [9.17, 15) is 13.2 Å². The summed E-state index contributed by atoms with van der Waals surface area (Å²) in [6, 6.07) is 5.05. The quantitative estimate of drug-likeness (QED) is 0.676. The first-order valence-corrected chi connectivity index (χ1v) is 11.3. The Hall–Kier alpha value is -1.71. The van der Waals surface area contributed by atoms with Gasteiger partial charge in [-0.3, -0.25) is 4.98 Å². The molecule has 2 aliphatic heterocycles. The average Bonchev–Trinajstić information content (AvgIpc) is 2.90. The van der Waals surface area contributed by atoms with Crippen LogP contribution in [-0.4, -0.2) is 60.0 Å². The fourth-order valence-corrected chi connectivity index (χ4v) is 6.28. The second-order valence-corrected chi connectivity index (χ2v) is 11.0. The van der Waals surface area contributed by atoms with Crippen LogP contribution in [0.2, 0.25) is 0 Å². The minimum atomic E-state index is -3.70. The van der Waals surface area contributed by atoms with Crippen molar-refractivity contribution in [2.24, 2.45) is 5.92 Å². The number of rotatable bonds is 2. The predicted octanol–water partition coefficient (Wildman–Crippen LogP) is 3.24. The number of hydrogen-bond acceptors (Lipinski definition) is 5. The normalized spacial score (nSPS) is 22.8. The van der Waals surface area contributed by atoms with Gasteiger partial charge < -0.3 is 9.64 Å². The number of fused-ring (bicyclic) bond motifs is 2. The van der Waals surface area contributed by atoms with Crippen molar-refractivity contribution in [2.75, 3.05) is 19.6 Å². The smallest absolute Gasteiger partial charge is 0.410 e. The molecule has 1 amide bonds. The largest absolute Gasteiger partial charge is 0.444 e. The Labute approximate surface area is 172 Å². The first-order chi connectivity index (χ1) is 13.1. The standard InChI is InChI=1S/C19H22BrN3O4S/c1-19(2,3)27-18(24)23-10-13-9-22(11-15(13)23)28(25,26)16-6-4-5-12-7-21-8-14(20)17(12)16/h4-8,13,15H,9-11H2,1-3H3/t13-,15-/m0/s1.